The molecule has 1 rings (SSSR count). The number of nitrogens with two attached hydrogens (primary N) is 1. The van der Waals surface area contributed by atoms with E-state index < -0.39 is 6.04 Å². The molecular weight excluding hydrogens is 212 g/mol. The normalized spacial score (nSPS) is 12.2. The Morgan fingerprint density at radius 3 is 2.93 bits per heavy atom. The van der Waals surface area contributed by atoms with Crippen LogP contribution < -0.4 is 11.1 Å². The summed E-state index contributed by atoms with van der Waals surface area (Å²) in [5.41, 5.74) is 6.35. The van der Waals surface area contributed by atoms with Gasteiger partial charge in [-0.25, -0.2) is 0 Å². The Hall–Kier alpha value is -1.06. The molecule has 1 amide bonds. The largest absolute Gasteiger partial charge is 0.325 e. The predicted molar refractivity (Wildman–Crippen MR) is 63.0 cm³/mol. The van der Waals surface area contributed by atoms with E-state index in [9.17, 15) is 4.79 Å². The van der Waals surface area contributed by atoms with Crippen molar-refractivity contribution < 1.29 is 4.79 Å². The Bertz CT molecular complexity index is 341. The maximum absolute atomic E-state index is 11.5. The SMILES string of the molecule is CCCC(N)C(=O)Nc1cccc(Cl)c1. The molecule has 0 spiro atoms. The van der Waals surface area contributed by atoms with E-state index in [2.05, 4.69) is 5.32 Å². The van der Waals surface area contributed by atoms with Crippen molar-refractivity contribution in [2.75, 3.05) is 5.32 Å². The van der Waals surface area contributed by atoms with Gasteiger partial charge in [-0.1, -0.05) is 31.0 Å². The Morgan fingerprint density at radius 1 is 1.60 bits per heavy atom. The lowest BCUT2D eigenvalue weighted by atomic mass is 10.1. The van der Waals surface area contributed by atoms with Gasteiger partial charge in [0, 0.05) is 10.7 Å². The summed E-state index contributed by atoms with van der Waals surface area (Å²) >= 11 is 5.79. The molecule has 0 bridgehead atoms. The molecule has 1 aromatic rings. The molecule has 0 saturated heterocycles. The summed E-state index contributed by atoms with van der Waals surface area (Å²) in [6.07, 6.45) is 1.58. The van der Waals surface area contributed by atoms with Crippen molar-refractivity contribution in [1.29, 1.82) is 0 Å². The number of hydrogen-bond acceptors (Lipinski definition) is 2. The van der Waals surface area contributed by atoms with Crippen LogP contribution in [-0.2, 0) is 4.79 Å². The fraction of sp³-hybridized carbons (Fsp3) is 0.364. The number of rotatable bonds is 4. The summed E-state index contributed by atoms with van der Waals surface area (Å²) in [6, 6.07) is 6.56. The summed E-state index contributed by atoms with van der Waals surface area (Å²) in [5, 5.41) is 3.31. The third-order valence-electron chi connectivity index (χ3n) is 2.03. The molecular formula is C11H15ClN2O. The van der Waals surface area contributed by atoms with Crippen molar-refractivity contribution in [2.24, 2.45) is 5.73 Å². The topological polar surface area (TPSA) is 55.1 Å². The summed E-state index contributed by atoms with van der Waals surface area (Å²) in [4.78, 5) is 11.5. The van der Waals surface area contributed by atoms with E-state index in [1.807, 2.05) is 6.92 Å². The molecule has 15 heavy (non-hydrogen) atoms. The number of halogens is 1. The maximum Gasteiger partial charge on any atom is 0.241 e. The molecule has 0 saturated carbocycles. The summed E-state index contributed by atoms with van der Waals surface area (Å²) in [6.45, 7) is 1.99. The van der Waals surface area contributed by atoms with Gasteiger partial charge in [0.15, 0.2) is 0 Å². The second-order valence-electron chi connectivity index (χ2n) is 3.39. The second kappa shape index (κ2) is 5.73. The summed E-state index contributed by atoms with van der Waals surface area (Å²) < 4.78 is 0. The predicted octanol–water partition coefficient (Wildman–Crippen LogP) is 2.41. The quantitative estimate of drug-likeness (QED) is 0.829. The van der Waals surface area contributed by atoms with Crippen LogP contribution in [0.4, 0.5) is 5.69 Å². The van der Waals surface area contributed by atoms with Crippen LogP contribution in [0.25, 0.3) is 0 Å². The Balaban J connectivity index is 2.58. The van der Waals surface area contributed by atoms with Gasteiger partial charge < -0.3 is 11.1 Å². The standard InChI is InChI=1S/C11H15ClN2O/c1-2-4-10(13)11(15)14-9-6-3-5-8(12)7-9/h3,5-7,10H,2,4,13H2,1H3,(H,14,15). The van der Waals surface area contributed by atoms with Crippen molar-refractivity contribution in [3.63, 3.8) is 0 Å². The molecule has 82 valence electrons. The number of nitrogens with one attached hydrogen (secondary N) is 1. The van der Waals surface area contributed by atoms with Gasteiger partial charge in [0.2, 0.25) is 5.91 Å². The summed E-state index contributed by atoms with van der Waals surface area (Å²) in [5.74, 6) is -0.167. The molecule has 0 radical (unpaired) electrons. The maximum atomic E-state index is 11.5. The molecule has 0 heterocycles. The minimum atomic E-state index is -0.450. The van der Waals surface area contributed by atoms with E-state index in [4.69, 9.17) is 17.3 Å². The van der Waals surface area contributed by atoms with Gasteiger partial charge in [-0.2, -0.15) is 0 Å². The monoisotopic (exact) mass is 226 g/mol. The van der Waals surface area contributed by atoms with Gasteiger partial charge in [0.05, 0.1) is 6.04 Å². The molecule has 1 unspecified atom stereocenters. The zero-order valence-corrected chi connectivity index (χ0v) is 9.42. The molecule has 0 aliphatic heterocycles. The van der Waals surface area contributed by atoms with Crippen molar-refractivity contribution >= 4 is 23.2 Å². The molecule has 3 N–H and O–H groups in total. The molecule has 4 heteroatoms. The van der Waals surface area contributed by atoms with E-state index >= 15 is 0 Å². The van der Waals surface area contributed by atoms with Crippen LogP contribution in [0.5, 0.6) is 0 Å². The van der Waals surface area contributed by atoms with Crippen molar-refractivity contribution in [3.8, 4) is 0 Å². The molecule has 3 nitrogen and oxygen atoms in total. The van der Waals surface area contributed by atoms with Crippen LogP contribution in [0.1, 0.15) is 19.8 Å². The Morgan fingerprint density at radius 2 is 2.33 bits per heavy atom. The highest BCUT2D eigenvalue weighted by Crippen LogP contribution is 2.15. The first-order chi connectivity index (χ1) is 7.13. The highest BCUT2D eigenvalue weighted by Gasteiger charge is 2.11. The lowest BCUT2D eigenvalue weighted by molar-refractivity contribution is -0.117. The Kier molecular flexibility index (Phi) is 4.59. The number of hydrogen-bond donors (Lipinski definition) is 2. The van der Waals surface area contributed by atoms with Gasteiger partial charge in [-0.05, 0) is 24.6 Å². The molecule has 1 aromatic carbocycles. The lowest BCUT2D eigenvalue weighted by Crippen LogP contribution is -2.35. The van der Waals surface area contributed by atoms with Gasteiger partial charge in [0.25, 0.3) is 0 Å². The molecule has 0 aliphatic rings. The van der Waals surface area contributed by atoms with Crippen LogP contribution >= 0.6 is 11.6 Å². The third kappa shape index (κ3) is 3.90. The van der Waals surface area contributed by atoms with Crippen LogP contribution in [0.3, 0.4) is 0 Å². The smallest absolute Gasteiger partial charge is 0.241 e. The number of anilines is 1. The fourth-order valence-corrected chi connectivity index (χ4v) is 1.43. The van der Waals surface area contributed by atoms with Crippen molar-refractivity contribution in [1.82, 2.24) is 0 Å². The number of carbonyl (C=O) groups excluding carboxylic acids is 1. The molecule has 0 aromatic heterocycles. The highest BCUT2D eigenvalue weighted by atomic mass is 35.5. The minimum Gasteiger partial charge on any atom is -0.325 e. The lowest BCUT2D eigenvalue weighted by Gasteiger charge is -2.11. The first-order valence-corrected chi connectivity index (χ1v) is 5.33. The number of amides is 1. The zero-order valence-electron chi connectivity index (χ0n) is 8.66. The van der Waals surface area contributed by atoms with Gasteiger partial charge in [0.1, 0.15) is 0 Å². The van der Waals surface area contributed by atoms with Gasteiger partial charge in [-0.3, -0.25) is 4.79 Å². The minimum absolute atomic E-state index is 0.167. The molecule has 0 fully saturated rings. The van der Waals surface area contributed by atoms with Crippen molar-refractivity contribution in [2.45, 2.75) is 25.8 Å². The van der Waals surface area contributed by atoms with E-state index in [1.165, 1.54) is 0 Å². The number of carbonyl (C=O) groups is 1. The van der Waals surface area contributed by atoms with Crippen LogP contribution in [-0.4, -0.2) is 11.9 Å². The van der Waals surface area contributed by atoms with Crippen LogP contribution in [0.2, 0.25) is 5.02 Å². The first-order valence-electron chi connectivity index (χ1n) is 4.95. The van der Waals surface area contributed by atoms with Crippen LogP contribution in [0, 0.1) is 0 Å². The van der Waals surface area contributed by atoms with E-state index in [0.29, 0.717) is 17.1 Å². The van der Waals surface area contributed by atoms with Crippen LogP contribution in [0.15, 0.2) is 24.3 Å². The average Bonchev–Trinajstić information content (AvgIpc) is 2.18. The number of benzene rings is 1. The molecule has 0 aliphatic carbocycles. The van der Waals surface area contributed by atoms with E-state index in [1.54, 1.807) is 24.3 Å². The van der Waals surface area contributed by atoms with E-state index in [-0.39, 0.29) is 5.91 Å². The highest BCUT2D eigenvalue weighted by molar-refractivity contribution is 6.30. The fourth-order valence-electron chi connectivity index (χ4n) is 1.24. The molecule has 1 atom stereocenters. The average molecular weight is 227 g/mol. The Labute approximate surface area is 94.6 Å². The zero-order chi connectivity index (χ0) is 11.3. The van der Waals surface area contributed by atoms with E-state index in [0.717, 1.165) is 6.42 Å². The van der Waals surface area contributed by atoms with Crippen molar-refractivity contribution in [3.05, 3.63) is 29.3 Å². The van der Waals surface area contributed by atoms with Gasteiger partial charge >= 0.3 is 0 Å². The first kappa shape index (κ1) is 12.0. The van der Waals surface area contributed by atoms with Gasteiger partial charge in [-0.15, -0.1) is 0 Å². The third-order valence-corrected chi connectivity index (χ3v) is 2.26. The second-order valence-corrected chi connectivity index (χ2v) is 3.83. The summed E-state index contributed by atoms with van der Waals surface area (Å²) in [7, 11) is 0.